The number of nitrogens with zero attached hydrogens (tertiary/aromatic N) is 1. The highest BCUT2D eigenvalue weighted by atomic mass is 35.5. The van der Waals surface area contributed by atoms with Crippen molar-refractivity contribution in [2.75, 3.05) is 18.2 Å². The molecule has 0 unspecified atom stereocenters. The van der Waals surface area contributed by atoms with Gasteiger partial charge in [-0.2, -0.15) is 0 Å². The van der Waals surface area contributed by atoms with E-state index in [1.165, 1.54) is 12.1 Å². The van der Waals surface area contributed by atoms with E-state index < -0.39 is 27.9 Å². The number of sulfone groups is 1. The van der Waals surface area contributed by atoms with Crippen LogP contribution in [0.25, 0.3) is 10.4 Å². The molecule has 1 heterocycles. The molecule has 190 valence electrons. The highest BCUT2D eigenvalue weighted by molar-refractivity contribution is 7.90. The molecule has 0 spiro atoms. The summed E-state index contributed by atoms with van der Waals surface area (Å²) < 4.78 is 34.9. The quantitative estimate of drug-likeness (QED) is 0.348. The van der Waals surface area contributed by atoms with E-state index in [0.29, 0.717) is 21.9 Å². The van der Waals surface area contributed by atoms with Gasteiger partial charge in [-0.25, -0.2) is 23.0 Å². The van der Waals surface area contributed by atoms with Crippen LogP contribution < -0.4 is 10.6 Å². The third-order valence-corrected chi connectivity index (χ3v) is 7.98. The number of hydrogen-bond donors (Lipinski definition) is 2. The number of allylic oxidation sites excluding steroid dienone is 1. The fourth-order valence-electron chi connectivity index (χ4n) is 3.58. The Labute approximate surface area is 213 Å². The van der Waals surface area contributed by atoms with Crippen molar-refractivity contribution in [3.05, 3.63) is 41.3 Å². The van der Waals surface area contributed by atoms with Crippen LogP contribution in [0.2, 0.25) is 5.02 Å². The summed E-state index contributed by atoms with van der Waals surface area (Å²) in [6.07, 6.45) is 4.55. The topological polar surface area (TPSA) is 124 Å². The molecule has 0 radical (unpaired) electrons. The van der Waals surface area contributed by atoms with Crippen LogP contribution in [0.5, 0.6) is 0 Å². The van der Waals surface area contributed by atoms with Gasteiger partial charge in [0.05, 0.1) is 26.2 Å². The molecule has 1 aromatic carbocycles. The number of thiazole rings is 1. The Morgan fingerprint density at radius 3 is 2.63 bits per heavy atom. The predicted molar refractivity (Wildman–Crippen MR) is 135 cm³/mol. The summed E-state index contributed by atoms with van der Waals surface area (Å²) >= 11 is 7.21. The summed E-state index contributed by atoms with van der Waals surface area (Å²) in [4.78, 5) is 30.3. The second-order valence-corrected chi connectivity index (χ2v) is 11.7. The van der Waals surface area contributed by atoms with Crippen molar-refractivity contribution in [1.82, 2.24) is 10.3 Å². The van der Waals surface area contributed by atoms with Gasteiger partial charge in [0.1, 0.15) is 12.7 Å². The van der Waals surface area contributed by atoms with E-state index in [9.17, 15) is 18.0 Å². The minimum Gasteiger partial charge on any atom is -0.496 e. The molecule has 1 saturated carbocycles. The summed E-state index contributed by atoms with van der Waals surface area (Å²) in [6, 6.07) is 2.99. The first-order valence-corrected chi connectivity index (χ1v) is 14.1. The molecule has 1 fully saturated rings. The first-order chi connectivity index (χ1) is 16.4. The van der Waals surface area contributed by atoms with Crippen molar-refractivity contribution < 1.29 is 27.5 Å². The lowest BCUT2D eigenvalue weighted by Crippen LogP contribution is -2.47. The van der Waals surface area contributed by atoms with Crippen LogP contribution in [0.3, 0.4) is 0 Å². The normalized spacial score (nSPS) is 14.9. The fraction of sp³-hybridized carbons (Fsp3) is 0.435. The summed E-state index contributed by atoms with van der Waals surface area (Å²) in [5.74, 6) is -0.165. The number of halogens is 1. The summed E-state index contributed by atoms with van der Waals surface area (Å²) in [6.45, 7) is 6.92. The van der Waals surface area contributed by atoms with E-state index in [4.69, 9.17) is 21.1 Å². The smallest absolute Gasteiger partial charge is 0.332 e. The lowest BCUT2D eigenvalue weighted by atomic mass is 10.2. The number of hydrogen-bond acceptors (Lipinski definition) is 8. The van der Waals surface area contributed by atoms with Gasteiger partial charge in [0.25, 0.3) is 0 Å². The first kappa shape index (κ1) is 27.0. The second-order valence-electron chi connectivity index (χ2n) is 8.36. The van der Waals surface area contributed by atoms with E-state index in [-0.39, 0.29) is 27.8 Å². The molecule has 1 aliphatic rings. The van der Waals surface area contributed by atoms with Crippen LogP contribution >= 0.6 is 22.9 Å². The van der Waals surface area contributed by atoms with Gasteiger partial charge in [-0.1, -0.05) is 35.6 Å². The zero-order chi connectivity index (χ0) is 25.8. The minimum absolute atomic E-state index is 0.0119. The molecule has 1 aromatic heterocycles. The molecule has 0 bridgehead atoms. The number of carbonyl (C=O) groups excluding carboxylic acids is 2. The minimum atomic E-state index is -3.52. The van der Waals surface area contributed by atoms with Gasteiger partial charge in [-0.05, 0) is 57.2 Å². The standard InChI is InChI=1S/C23H28ClN3O6S2/c1-13(2)32-12-18(21(28)33-16-7-5-6-8-16)26-22(29)27-23-25-14(3)20(34-23)15-9-10-17(24)19(11-15)35(4,30)31/h9-11,16,18H,1,5-8,12H2,2-4H3,(H2,25,26,27,29)/t18-/m0/s1. The molecule has 1 atom stereocenters. The number of aromatic nitrogens is 1. The van der Waals surface area contributed by atoms with Gasteiger partial charge in [0, 0.05) is 6.26 Å². The average molecular weight is 542 g/mol. The molecule has 9 nitrogen and oxygen atoms in total. The van der Waals surface area contributed by atoms with Crippen molar-refractivity contribution >= 4 is 49.9 Å². The molecule has 12 heteroatoms. The van der Waals surface area contributed by atoms with Crippen molar-refractivity contribution in [3.8, 4) is 10.4 Å². The van der Waals surface area contributed by atoms with E-state index in [0.717, 1.165) is 43.3 Å². The Morgan fingerprint density at radius 1 is 1.31 bits per heavy atom. The molecule has 0 saturated heterocycles. The van der Waals surface area contributed by atoms with Crippen LogP contribution in [-0.4, -0.2) is 50.4 Å². The van der Waals surface area contributed by atoms with E-state index in [1.807, 2.05) is 0 Å². The number of amides is 2. The van der Waals surface area contributed by atoms with Gasteiger partial charge >= 0.3 is 12.0 Å². The summed E-state index contributed by atoms with van der Waals surface area (Å²) in [5, 5.41) is 5.60. The van der Waals surface area contributed by atoms with Gasteiger partial charge in [-0.15, -0.1) is 0 Å². The fourth-order valence-corrected chi connectivity index (χ4v) is 5.84. The zero-order valence-electron chi connectivity index (χ0n) is 19.7. The van der Waals surface area contributed by atoms with E-state index in [1.54, 1.807) is 19.9 Å². The number of ether oxygens (including phenoxy) is 2. The van der Waals surface area contributed by atoms with Gasteiger partial charge in [-0.3, -0.25) is 5.32 Å². The number of esters is 1. The Hall–Kier alpha value is -2.63. The molecular weight excluding hydrogens is 514 g/mol. The SMILES string of the molecule is C=C(C)OC[C@H](NC(=O)Nc1nc(C)c(-c2ccc(Cl)c(S(C)(=O)=O)c2)s1)C(=O)OC1CCCC1. The third-order valence-electron chi connectivity index (χ3n) is 5.28. The van der Waals surface area contributed by atoms with E-state index >= 15 is 0 Å². The molecule has 2 aromatic rings. The number of rotatable bonds is 9. The second kappa shape index (κ2) is 11.4. The number of benzene rings is 1. The van der Waals surface area contributed by atoms with Crippen molar-refractivity contribution in [3.63, 3.8) is 0 Å². The van der Waals surface area contributed by atoms with Gasteiger partial charge in [0.15, 0.2) is 21.0 Å². The Kier molecular flexibility index (Phi) is 8.79. The molecular formula is C23H28ClN3O6S2. The van der Waals surface area contributed by atoms with Crippen molar-refractivity contribution in [2.45, 2.75) is 56.6 Å². The maximum absolute atomic E-state index is 12.7. The number of anilines is 1. The molecule has 35 heavy (non-hydrogen) atoms. The molecule has 3 rings (SSSR count). The maximum atomic E-state index is 12.7. The third kappa shape index (κ3) is 7.42. The van der Waals surface area contributed by atoms with Crippen molar-refractivity contribution in [2.24, 2.45) is 0 Å². The van der Waals surface area contributed by atoms with Crippen LogP contribution in [0.1, 0.15) is 38.3 Å². The number of nitrogens with one attached hydrogen (secondary N) is 2. The zero-order valence-corrected chi connectivity index (χ0v) is 22.1. The van der Waals surface area contributed by atoms with Crippen LogP contribution in [0, 0.1) is 6.92 Å². The Morgan fingerprint density at radius 2 is 2.00 bits per heavy atom. The summed E-state index contributed by atoms with van der Waals surface area (Å²) in [7, 11) is -3.52. The molecule has 0 aliphatic heterocycles. The number of carbonyl (C=O) groups is 2. The van der Waals surface area contributed by atoms with Crippen molar-refractivity contribution in [1.29, 1.82) is 0 Å². The Balaban J connectivity index is 1.72. The molecule has 2 N–H and O–H groups in total. The lowest BCUT2D eigenvalue weighted by molar-refractivity contribution is -0.152. The van der Waals surface area contributed by atoms with Gasteiger partial charge in [0.2, 0.25) is 0 Å². The van der Waals surface area contributed by atoms with Crippen LogP contribution in [-0.2, 0) is 24.1 Å². The van der Waals surface area contributed by atoms with Crippen LogP contribution in [0.15, 0.2) is 35.4 Å². The highest BCUT2D eigenvalue weighted by Crippen LogP contribution is 2.35. The monoisotopic (exact) mass is 541 g/mol. The first-order valence-electron chi connectivity index (χ1n) is 11.0. The lowest BCUT2D eigenvalue weighted by Gasteiger charge is -2.20. The molecule has 2 amide bonds. The van der Waals surface area contributed by atoms with Crippen LogP contribution in [0.4, 0.5) is 9.93 Å². The van der Waals surface area contributed by atoms with E-state index in [2.05, 4.69) is 22.2 Å². The average Bonchev–Trinajstić information content (AvgIpc) is 3.39. The number of urea groups is 1. The predicted octanol–water partition coefficient (Wildman–Crippen LogP) is 4.70. The molecule has 1 aliphatic carbocycles. The highest BCUT2D eigenvalue weighted by Gasteiger charge is 2.28. The largest absolute Gasteiger partial charge is 0.496 e. The number of aryl methyl sites for hydroxylation is 1. The maximum Gasteiger partial charge on any atom is 0.332 e. The Bertz CT molecular complexity index is 1220. The van der Waals surface area contributed by atoms with Gasteiger partial charge < -0.3 is 14.8 Å². The summed E-state index contributed by atoms with van der Waals surface area (Å²) in [5.41, 5.74) is 1.20.